The standard InChI is InChI=1S/C13H16N4O2S/c1-13(2)7-17(5-6-19-13)12(18)10-8(14)9-11(20-10)16-4-3-15-9/h3-4H,5-7,14H2,1-2H3. The van der Waals surface area contributed by atoms with Crippen LogP contribution in [0.3, 0.4) is 0 Å². The van der Waals surface area contributed by atoms with Crippen molar-refractivity contribution in [3.8, 4) is 0 Å². The van der Waals surface area contributed by atoms with Gasteiger partial charge in [-0.25, -0.2) is 9.97 Å². The Labute approximate surface area is 120 Å². The molecule has 1 aliphatic heterocycles. The molecule has 1 aliphatic rings. The smallest absolute Gasteiger partial charge is 0.266 e. The molecule has 20 heavy (non-hydrogen) atoms. The zero-order valence-electron chi connectivity index (χ0n) is 11.4. The molecule has 0 atom stereocenters. The molecule has 2 aromatic heterocycles. The predicted octanol–water partition coefficient (Wildman–Crippen LogP) is 1.52. The Morgan fingerprint density at radius 1 is 1.45 bits per heavy atom. The maximum Gasteiger partial charge on any atom is 0.266 e. The van der Waals surface area contributed by atoms with Gasteiger partial charge in [0.25, 0.3) is 5.91 Å². The zero-order chi connectivity index (χ0) is 14.3. The quantitative estimate of drug-likeness (QED) is 0.862. The van der Waals surface area contributed by atoms with Crippen LogP contribution in [-0.2, 0) is 4.74 Å². The number of hydrogen-bond acceptors (Lipinski definition) is 6. The fourth-order valence-corrected chi connectivity index (χ4v) is 3.33. The van der Waals surface area contributed by atoms with E-state index in [-0.39, 0.29) is 11.5 Å². The molecule has 3 rings (SSSR count). The molecule has 0 spiro atoms. The molecule has 7 heteroatoms. The first-order valence-corrected chi connectivity index (χ1v) is 7.22. The van der Waals surface area contributed by atoms with Crippen LogP contribution in [0, 0.1) is 0 Å². The minimum atomic E-state index is -0.324. The van der Waals surface area contributed by atoms with Gasteiger partial charge in [-0.15, -0.1) is 11.3 Å². The SMILES string of the molecule is CC1(C)CN(C(=O)c2sc3nccnc3c2N)CCO1. The highest BCUT2D eigenvalue weighted by atomic mass is 32.1. The van der Waals surface area contributed by atoms with Crippen molar-refractivity contribution in [3.63, 3.8) is 0 Å². The number of aromatic nitrogens is 2. The number of fused-ring (bicyclic) bond motifs is 1. The second kappa shape index (κ2) is 4.68. The highest BCUT2D eigenvalue weighted by Gasteiger charge is 2.32. The van der Waals surface area contributed by atoms with Crippen molar-refractivity contribution >= 4 is 33.3 Å². The number of thiophene rings is 1. The van der Waals surface area contributed by atoms with E-state index in [4.69, 9.17) is 10.5 Å². The van der Waals surface area contributed by atoms with Crippen molar-refractivity contribution in [3.05, 3.63) is 17.3 Å². The molecule has 0 aliphatic carbocycles. The highest BCUT2D eigenvalue weighted by Crippen LogP contribution is 2.32. The van der Waals surface area contributed by atoms with Crippen molar-refractivity contribution in [1.29, 1.82) is 0 Å². The Balaban J connectivity index is 1.94. The summed E-state index contributed by atoms with van der Waals surface area (Å²) in [6, 6.07) is 0. The third kappa shape index (κ3) is 2.23. The Morgan fingerprint density at radius 2 is 2.20 bits per heavy atom. The summed E-state index contributed by atoms with van der Waals surface area (Å²) in [5, 5.41) is 0. The second-order valence-corrected chi connectivity index (χ2v) is 6.39. The van der Waals surface area contributed by atoms with E-state index < -0.39 is 0 Å². The van der Waals surface area contributed by atoms with Crippen LogP contribution in [-0.4, -0.2) is 46.1 Å². The summed E-state index contributed by atoms with van der Waals surface area (Å²) in [5.74, 6) is -0.0660. The van der Waals surface area contributed by atoms with Gasteiger partial charge < -0.3 is 15.4 Å². The Kier molecular flexibility index (Phi) is 3.10. The lowest BCUT2D eigenvalue weighted by atomic mass is 10.1. The van der Waals surface area contributed by atoms with E-state index in [1.165, 1.54) is 11.3 Å². The molecule has 0 radical (unpaired) electrons. The van der Waals surface area contributed by atoms with E-state index in [2.05, 4.69) is 9.97 Å². The number of amides is 1. The molecular weight excluding hydrogens is 276 g/mol. The molecule has 6 nitrogen and oxygen atoms in total. The van der Waals surface area contributed by atoms with E-state index in [1.807, 2.05) is 13.8 Å². The van der Waals surface area contributed by atoms with Gasteiger partial charge >= 0.3 is 0 Å². The maximum atomic E-state index is 12.6. The maximum absolute atomic E-state index is 12.6. The fourth-order valence-electron chi connectivity index (χ4n) is 2.34. The molecular formula is C13H16N4O2S. The molecule has 1 fully saturated rings. The van der Waals surface area contributed by atoms with Crippen LogP contribution in [0.2, 0.25) is 0 Å². The van der Waals surface area contributed by atoms with Crippen LogP contribution >= 0.6 is 11.3 Å². The van der Waals surface area contributed by atoms with Crippen molar-refractivity contribution < 1.29 is 9.53 Å². The third-order valence-corrected chi connectivity index (χ3v) is 4.36. The number of carbonyl (C=O) groups excluding carboxylic acids is 1. The summed E-state index contributed by atoms with van der Waals surface area (Å²) in [6.07, 6.45) is 3.18. The topological polar surface area (TPSA) is 81.3 Å². The number of rotatable bonds is 1. The summed E-state index contributed by atoms with van der Waals surface area (Å²) in [5.41, 5.74) is 6.75. The molecule has 2 aromatic rings. The number of anilines is 1. The predicted molar refractivity (Wildman–Crippen MR) is 77.8 cm³/mol. The van der Waals surface area contributed by atoms with Crippen molar-refractivity contribution in [2.45, 2.75) is 19.4 Å². The number of ether oxygens (including phenoxy) is 1. The van der Waals surface area contributed by atoms with Gasteiger partial charge in [0, 0.05) is 25.5 Å². The lowest BCUT2D eigenvalue weighted by molar-refractivity contribution is -0.0762. The first kappa shape index (κ1) is 13.3. The van der Waals surface area contributed by atoms with E-state index in [1.54, 1.807) is 17.3 Å². The minimum Gasteiger partial charge on any atom is -0.396 e. The average molecular weight is 292 g/mol. The first-order valence-electron chi connectivity index (χ1n) is 6.40. The monoisotopic (exact) mass is 292 g/mol. The summed E-state index contributed by atoms with van der Waals surface area (Å²) in [4.78, 5) is 24.0. The van der Waals surface area contributed by atoms with Gasteiger partial charge in [0.1, 0.15) is 15.2 Å². The van der Waals surface area contributed by atoms with Gasteiger partial charge in [-0.05, 0) is 13.8 Å². The van der Waals surface area contributed by atoms with E-state index in [0.29, 0.717) is 40.6 Å². The molecule has 3 heterocycles. The normalized spacial score (nSPS) is 18.4. The van der Waals surface area contributed by atoms with Crippen LogP contribution in [0.4, 0.5) is 5.69 Å². The number of morpholine rings is 1. The van der Waals surface area contributed by atoms with Crippen LogP contribution in [0.15, 0.2) is 12.4 Å². The molecule has 2 N–H and O–H groups in total. The summed E-state index contributed by atoms with van der Waals surface area (Å²) in [7, 11) is 0. The molecule has 1 amide bonds. The fraction of sp³-hybridized carbons (Fsp3) is 0.462. The second-order valence-electron chi connectivity index (χ2n) is 5.39. The van der Waals surface area contributed by atoms with E-state index in [9.17, 15) is 4.79 Å². The summed E-state index contributed by atoms with van der Waals surface area (Å²) < 4.78 is 5.62. The van der Waals surface area contributed by atoms with E-state index in [0.717, 1.165) is 0 Å². The van der Waals surface area contributed by atoms with Gasteiger partial charge in [-0.1, -0.05) is 0 Å². The van der Waals surface area contributed by atoms with Gasteiger partial charge in [-0.2, -0.15) is 0 Å². The first-order chi connectivity index (χ1) is 9.48. The van der Waals surface area contributed by atoms with Crippen LogP contribution in [0.5, 0.6) is 0 Å². The molecule has 0 unspecified atom stereocenters. The number of nitrogens with zero attached hydrogens (tertiary/aromatic N) is 3. The summed E-state index contributed by atoms with van der Waals surface area (Å²) in [6.45, 7) is 5.63. The lowest BCUT2D eigenvalue weighted by Crippen LogP contribution is -2.50. The zero-order valence-corrected chi connectivity index (χ0v) is 12.2. The lowest BCUT2D eigenvalue weighted by Gasteiger charge is -2.38. The molecule has 106 valence electrons. The van der Waals surface area contributed by atoms with Gasteiger partial charge in [0.2, 0.25) is 0 Å². The molecule has 0 bridgehead atoms. The number of carbonyl (C=O) groups is 1. The molecule has 0 aromatic carbocycles. The largest absolute Gasteiger partial charge is 0.396 e. The number of nitrogens with two attached hydrogens (primary N) is 1. The van der Waals surface area contributed by atoms with Crippen LogP contribution in [0.1, 0.15) is 23.5 Å². The highest BCUT2D eigenvalue weighted by molar-refractivity contribution is 7.21. The van der Waals surface area contributed by atoms with Crippen molar-refractivity contribution in [2.75, 3.05) is 25.4 Å². The van der Waals surface area contributed by atoms with Crippen molar-refractivity contribution in [1.82, 2.24) is 14.9 Å². The average Bonchev–Trinajstić information content (AvgIpc) is 2.75. The number of hydrogen-bond donors (Lipinski definition) is 1. The third-order valence-electron chi connectivity index (χ3n) is 3.27. The molecule has 1 saturated heterocycles. The van der Waals surface area contributed by atoms with Crippen LogP contribution in [0.25, 0.3) is 10.3 Å². The van der Waals surface area contributed by atoms with E-state index >= 15 is 0 Å². The van der Waals surface area contributed by atoms with Crippen molar-refractivity contribution in [2.24, 2.45) is 0 Å². The van der Waals surface area contributed by atoms with Gasteiger partial charge in [0.05, 0.1) is 17.9 Å². The molecule has 0 saturated carbocycles. The van der Waals surface area contributed by atoms with Gasteiger partial charge in [0.15, 0.2) is 0 Å². The minimum absolute atomic E-state index is 0.0660. The Bertz CT molecular complexity index is 667. The number of nitrogen functional groups attached to an aromatic ring is 1. The summed E-state index contributed by atoms with van der Waals surface area (Å²) >= 11 is 1.30. The Morgan fingerprint density at radius 3 is 2.90 bits per heavy atom. The Hall–Kier alpha value is -1.73. The van der Waals surface area contributed by atoms with Crippen LogP contribution < -0.4 is 5.73 Å². The van der Waals surface area contributed by atoms with Gasteiger partial charge in [-0.3, -0.25) is 4.79 Å².